The van der Waals surface area contributed by atoms with Crippen LogP contribution in [0, 0.1) is 11.3 Å². The van der Waals surface area contributed by atoms with Gasteiger partial charge in [-0.1, -0.05) is 29.8 Å². The molecule has 0 saturated heterocycles. The summed E-state index contributed by atoms with van der Waals surface area (Å²) in [5.41, 5.74) is 9.56. The number of nitrogens with zero attached hydrogens (tertiary/aromatic N) is 5. The van der Waals surface area contributed by atoms with Gasteiger partial charge >= 0.3 is 0 Å². The molecular formula is C20H16ClN7. The van der Waals surface area contributed by atoms with Gasteiger partial charge in [-0.15, -0.1) is 0 Å². The summed E-state index contributed by atoms with van der Waals surface area (Å²) in [4.78, 5) is 12.8. The van der Waals surface area contributed by atoms with Crippen LogP contribution in [0.2, 0.25) is 5.02 Å². The number of pyridine rings is 1. The number of nitrogen functional groups attached to an aromatic ring is 1. The Bertz CT molecular complexity index is 1190. The summed E-state index contributed by atoms with van der Waals surface area (Å²) in [6.07, 6.45) is 3.29. The van der Waals surface area contributed by atoms with E-state index in [1.807, 2.05) is 66.1 Å². The summed E-state index contributed by atoms with van der Waals surface area (Å²) >= 11 is 6.06. The molecule has 0 aliphatic heterocycles. The number of hydrogen-bond donors (Lipinski definition) is 2. The Balaban J connectivity index is 1.83. The molecule has 28 heavy (non-hydrogen) atoms. The van der Waals surface area contributed by atoms with Crippen LogP contribution in [-0.2, 0) is 0 Å². The van der Waals surface area contributed by atoms with Gasteiger partial charge in [0.05, 0.1) is 17.4 Å². The van der Waals surface area contributed by atoms with Crippen molar-refractivity contribution in [1.82, 2.24) is 19.4 Å². The summed E-state index contributed by atoms with van der Waals surface area (Å²) in [5.74, 6) is 0.515. The minimum absolute atomic E-state index is 0.139. The van der Waals surface area contributed by atoms with E-state index in [0.29, 0.717) is 10.8 Å². The maximum absolute atomic E-state index is 9.37. The van der Waals surface area contributed by atoms with Gasteiger partial charge < -0.3 is 11.1 Å². The monoisotopic (exact) mass is 389 g/mol. The van der Waals surface area contributed by atoms with Crippen LogP contribution in [0.3, 0.4) is 0 Å². The molecule has 3 heterocycles. The Kier molecular flexibility index (Phi) is 4.55. The first-order valence-corrected chi connectivity index (χ1v) is 8.96. The average Bonchev–Trinajstić information content (AvgIpc) is 3.08. The number of rotatable bonds is 4. The first-order chi connectivity index (χ1) is 13.6. The van der Waals surface area contributed by atoms with Crippen LogP contribution < -0.4 is 11.1 Å². The Morgan fingerprint density at radius 3 is 2.71 bits per heavy atom. The molecule has 0 fully saturated rings. The van der Waals surface area contributed by atoms with Gasteiger partial charge in [0.25, 0.3) is 0 Å². The number of halogens is 1. The molecule has 0 bridgehead atoms. The lowest BCUT2D eigenvalue weighted by Gasteiger charge is -2.16. The maximum atomic E-state index is 9.37. The van der Waals surface area contributed by atoms with E-state index < -0.39 is 0 Å². The summed E-state index contributed by atoms with van der Waals surface area (Å²) in [5, 5.41) is 13.3. The van der Waals surface area contributed by atoms with Crippen LogP contribution in [-0.4, -0.2) is 19.4 Å². The van der Waals surface area contributed by atoms with Crippen LogP contribution in [0.25, 0.3) is 16.9 Å². The van der Waals surface area contributed by atoms with Crippen molar-refractivity contribution < 1.29 is 0 Å². The van der Waals surface area contributed by atoms with E-state index >= 15 is 0 Å². The molecule has 0 aliphatic rings. The lowest BCUT2D eigenvalue weighted by atomic mass is 10.1. The smallest absolute Gasteiger partial charge is 0.150 e. The van der Waals surface area contributed by atoms with E-state index in [2.05, 4.69) is 15.3 Å². The third-order valence-corrected chi connectivity index (χ3v) is 4.68. The average molecular weight is 390 g/mol. The van der Waals surface area contributed by atoms with Gasteiger partial charge in [-0.25, -0.2) is 15.0 Å². The third-order valence-electron chi connectivity index (χ3n) is 4.43. The topological polar surface area (TPSA) is 105 Å². The van der Waals surface area contributed by atoms with Gasteiger partial charge in [-0.2, -0.15) is 5.26 Å². The van der Waals surface area contributed by atoms with Crippen molar-refractivity contribution in [2.24, 2.45) is 0 Å². The third kappa shape index (κ3) is 3.10. The minimum atomic E-state index is -0.244. The Morgan fingerprint density at radius 2 is 1.96 bits per heavy atom. The molecule has 138 valence electrons. The van der Waals surface area contributed by atoms with Crippen molar-refractivity contribution >= 4 is 28.9 Å². The molecule has 1 unspecified atom stereocenters. The van der Waals surface area contributed by atoms with Crippen molar-refractivity contribution in [1.29, 1.82) is 5.26 Å². The molecule has 0 radical (unpaired) electrons. The van der Waals surface area contributed by atoms with Crippen LogP contribution in [0.5, 0.6) is 0 Å². The van der Waals surface area contributed by atoms with Gasteiger partial charge in [0.1, 0.15) is 35.2 Å². The largest absolute Gasteiger partial charge is 0.382 e. The van der Waals surface area contributed by atoms with Gasteiger partial charge in [0.2, 0.25) is 0 Å². The molecule has 8 heteroatoms. The van der Waals surface area contributed by atoms with Gasteiger partial charge in [-0.05, 0) is 31.2 Å². The molecule has 0 amide bonds. The second kappa shape index (κ2) is 7.18. The summed E-state index contributed by atoms with van der Waals surface area (Å²) in [7, 11) is 0. The number of hydrogen-bond acceptors (Lipinski definition) is 6. The number of fused-ring (bicyclic) bond motifs is 1. The Morgan fingerprint density at radius 1 is 1.18 bits per heavy atom. The minimum Gasteiger partial charge on any atom is -0.382 e. The van der Waals surface area contributed by atoms with E-state index in [1.165, 1.54) is 6.33 Å². The fourth-order valence-electron chi connectivity index (χ4n) is 3.10. The molecule has 4 aromatic rings. The van der Waals surface area contributed by atoms with E-state index in [1.54, 1.807) is 0 Å². The van der Waals surface area contributed by atoms with Crippen LogP contribution in [0.4, 0.5) is 11.6 Å². The van der Waals surface area contributed by atoms with Crippen molar-refractivity contribution in [2.45, 2.75) is 13.0 Å². The zero-order valence-electron chi connectivity index (χ0n) is 15.0. The second-order valence-electron chi connectivity index (χ2n) is 6.24. The number of anilines is 2. The first kappa shape index (κ1) is 17.8. The predicted octanol–water partition coefficient (Wildman–Crippen LogP) is 4.07. The van der Waals surface area contributed by atoms with E-state index in [4.69, 9.17) is 22.3 Å². The lowest BCUT2D eigenvalue weighted by molar-refractivity contribution is 0.843. The van der Waals surface area contributed by atoms with E-state index in [-0.39, 0.29) is 17.4 Å². The van der Waals surface area contributed by atoms with Crippen LogP contribution in [0.15, 0.2) is 55.0 Å². The maximum Gasteiger partial charge on any atom is 0.150 e. The molecule has 1 aromatic carbocycles. The highest BCUT2D eigenvalue weighted by Gasteiger charge is 2.21. The number of nitrogens with two attached hydrogens (primary N) is 1. The quantitative estimate of drug-likeness (QED) is 0.545. The number of benzene rings is 1. The summed E-state index contributed by atoms with van der Waals surface area (Å²) in [6.45, 7) is 1.96. The second-order valence-corrected chi connectivity index (χ2v) is 6.68. The molecule has 0 saturated carbocycles. The Hall–Kier alpha value is -3.63. The highest BCUT2D eigenvalue weighted by Crippen LogP contribution is 2.32. The Labute approximate surface area is 166 Å². The molecule has 4 rings (SSSR count). The molecular weight excluding hydrogens is 374 g/mol. The fourth-order valence-corrected chi connectivity index (χ4v) is 3.23. The van der Waals surface area contributed by atoms with Gasteiger partial charge in [0.15, 0.2) is 0 Å². The summed E-state index contributed by atoms with van der Waals surface area (Å²) < 4.78 is 2.02. The SMILES string of the molecule is CC(Nc1ncnc(N)c1C#N)c1nc2ccccn2c1-c1ccc(Cl)cc1. The predicted molar refractivity (Wildman–Crippen MR) is 109 cm³/mol. The molecule has 3 aromatic heterocycles. The standard InChI is InChI=1S/C20H16ClN7/c1-12(26-20-15(10-22)19(23)24-11-25-20)17-18(13-5-7-14(21)8-6-13)28-9-3-2-4-16(28)27-17/h2-9,11-12H,1H3,(H3,23,24,25,26). The zero-order valence-corrected chi connectivity index (χ0v) is 15.7. The normalized spacial score (nSPS) is 11.9. The molecule has 0 spiro atoms. The highest BCUT2D eigenvalue weighted by atomic mass is 35.5. The molecule has 3 N–H and O–H groups in total. The van der Waals surface area contributed by atoms with Crippen molar-refractivity contribution in [3.63, 3.8) is 0 Å². The number of nitriles is 1. The first-order valence-electron chi connectivity index (χ1n) is 8.58. The summed E-state index contributed by atoms with van der Waals surface area (Å²) in [6, 6.07) is 15.2. The molecule has 1 atom stereocenters. The number of imidazole rings is 1. The lowest BCUT2D eigenvalue weighted by Crippen LogP contribution is -2.12. The highest BCUT2D eigenvalue weighted by molar-refractivity contribution is 6.30. The molecule has 7 nitrogen and oxygen atoms in total. The van der Waals surface area contributed by atoms with Crippen LogP contribution >= 0.6 is 11.6 Å². The van der Waals surface area contributed by atoms with Crippen LogP contribution in [0.1, 0.15) is 24.2 Å². The van der Waals surface area contributed by atoms with Crippen molar-refractivity contribution in [2.75, 3.05) is 11.1 Å². The van der Waals surface area contributed by atoms with E-state index in [9.17, 15) is 5.26 Å². The van der Waals surface area contributed by atoms with Gasteiger partial charge in [-0.3, -0.25) is 4.40 Å². The fraction of sp³-hybridized carbons (Fsp3) is 0.100. The van der Waals surface area contributed by atoms with Crippen molar-refractivity contribution in [3.8, 4) is 17.3 Å². The molecule has 0 aliphatic carbocycles. The van der Waals surface area contributed by atoms with Crippen molar-refractivity contribution in [3.05, 3.63) is 71.3 Å². The number of nitrogens with one attached hydrogen (secondary N) is 1. The zero-order chi connectivity index (χ0) is 19.7. The van der Waals surface area contributed by atoms with E-state index in [0.717, 1.165) is 22.6 Å². The van der Waals surface area contributed by atoms with Gasteiger partial charge in [0, 0.05) is 16.8 Å². The number of aromatic nitrogens is 4.